The van der Waals surface area contributed by atoms with Crippen LogP contribution in [-0.4, -0.2) is 49.5 Å². The van der Waals surface area contributed by atoms with E-state index in [4.69, 9.17) is 16.3 Å². The molecular weight excluding hydrogens is 244 g/mol. The number of carbonyl (C=O) groups is 2. The fourth-order valence-corrected chi connectivity index (χ4v) is 1.44. The molecule has 0 rings (SSSR count). The molecule has 0 fully saturated rings. The number of nitrogens with one attached hydrogen (secondary N) is 1. The van der Waals surface area contributed by atoms with Gasteiger partial charge in [-0.05, 0) is 5.92 Å². The normalized spacial score (nSPS) is 10.4. The van der Waals surface area contributed by atoms with Gasteiger partial charge in [-0.15, -0.1) is 11.6 Å². The molecule has 0 aromatic heterocycles. The van der Waals surface area contributed by atoms with E-state index in [9.17, 15) is 9.59 Å². The molecule has 0 saturated carbocycles. The zero-order valence-electron chi connectivity index (χ0n) is 10.7. The molecule has 0 aliphatic rings. The van der Waals surface area contributed by atoms with Crippen LogP contribution in [0.15, 0.2) is 0 Å². The number of carbonyl (C=O) groups excluding carboxylic acids is 2. The summed E-state index contributed by atoms with van der Waals surface area (Å²) in [5, 5.41) is 2.30. The van der Waals surface area contributed by atoms with Crippen molar-refractivity contribution in [3.63, 3.8) is 0 Å². The Morgan fingerprint density at radius 1 is 1.41 bits per heavy atom. The first-order valence-corrected chi connectivity index (χ1v) is 6.18. The van der Waals surface area contributed by atoms with Crippen LogP contribution in [0.5, 0.6) is 0 Å². The van der Waals surface area contributed by atoms with E-state index in [2.05, 4.69) is 5.32 Å². The second-order valence-electron chi connectivity index (χ2n) is 4.12. The van der Waals surface area contributed by atoms with Crippen LogP contribution in [0.1, 0.15) is 20.3 Å². The van der Waals surface area contributed by atoms with Gasteiger partial charge in [-0.2, -0.15) is 0 Å². The number of hydrogen-bond acceptors (Lipinski definition) is 3. The van der Waals surface area contributed by atoms with Gasteiger partial charge >= 0.3 is 6.03 Å². The van der Waals surface area contributed by atoms with E-state index in [0.29, 0.717) is 25.6 Å². The van der Waals surface area contributed by atoms with E-state index in [1.165, 1.54) is 0 Å². The molecule has 0 heterocycles. The number of rotatable bonds is 7. The highest BCUT2D eigenvalue weighted by atomic mass is 35.5. The average Bonchev–Trinajstić information content (AvgIpc) is 2.23. The second kappa shape index (κ2) is 9.24. The summed E-state index contributed by atoms with van der Waals surface area (Å²) < 4.78 is 4.93. The molecule has 6 heteroatoms. The Hall–Kier alpha value is -0.810. The number of hydrogen-bond donors (Lipinski definition) is 1. The highest BCUT2D eigenvalue weighted by Gasteiger charge is 2.16. The summed E-state index contributed by atoms with van der Waals surface area (Å²) in [5.41, 5.74) is 0. The third-order valence-electron chi connectivity index (χ3n) is 2.01. The van der Waals surface area contributed by atoms with Gasteiger partial charge in [0.2, 0.25) is 5.91 Å². The molecular formula is C11H21ClN2O3. The van der Waals surface area contributed by atoms with E-state index in [0.717, 1.165) is 0 Å². The van der Waals surface area contributed by atoms with Crippen LogP contribution in [-0.2, 0) is 9.53 Å². The number of methoxy groups -OCH3 is 1. The first-order valence-electron chi connectivity index (χ1n) is 5.64. The van der Waals surface area contributed by atoms with Gasteiger partial charge in [0.15, 0.2) is 0 Å². The van der Waals surface area contributed by atoms with Crippen LogP contribution in [0.4, 0.5) is 4.79 Å². The van der Waals surface area contributed by atoms with Crippen LogP contribution in [0.2, 0.25) is 0 Å². The lowest BCUT2D eigenvalue weighted by Crippen LogP contribution is -2.45. The van der Waals surface area contributed by atoms with Crippen molar-refractivity contribution in [2.75, 3.05) is 32.7 Å². The van der Waals surface area contributed by atoms with E-state index in [1.54, 1.807) is 12.0 Å². The van der Waals surface area contributed by atoms with Crippen molar-refractivity contribution in [1.82, 2.24) is 10.2 Å². The lowest BCUT2D eigenvalue weighted by atomic mass is 10.2. The molecule has 1 N–H and O–H groups in total. The lowest BCUT2D eigenvalue weighted by Gasteiger charge is -2.24. The number of nitrogens with zero attached hydrogens (tertiary/aromatic N) is 1. The molecule has 0 unspecified atom stereocenters. The lowest BCUT2D eigenvalue weighted by molar-refractivity contribution is -0.119. The molecule has 0 aliphatic heterocycles. The predicted molar refractivity (Wildman–Crippen MR) is 67.2 cm³/mol. The maximum absolute atomic E-state index is 11.8. The molecule has 0 saturated heterocycles. The molecule has 0 spiro atoms. The standard InChI is InChI=1S/C11H21ClN2O3/c1-9(2)8-14(6-7-17-3)11(16)13-10(15)4-5-12/h9H,4-8H2,1-3H3,(H,13,15,16). The summed E-state index contributed by atoms with van der Waals surface area (Å²) in [7, 11) is 1.57. The summed E-state index contributed by atoms with van der Waals surface area (Å²) in [6, 6.07) is -0.383. The molecule has 0 atom stereocenters. The van der Waals surface area contributed by atoms with Gasteiger partial charge in [0.25, 0.3) is 0 Å². The van der Waals surface area contributed by atoms with Crippen LogP contribution in [0.25, 0.3) is 0 Å². The Bertz CT molecular complexity index is 247. The van der Waals surface area contributed by atoms with Crippen molar-refractivity contribution >= 4 is 23.5 Å². The number of alkyl halides is 1. The topological polar surface area (TPSA) is 58.6 Å². The van der Waals surface area contributed by atoms with Crippen molar-refractivity contribution in [1.29, 1.82) is 0 Å². The van der Waals surface area contributed by atoms with Gasteiger partial charge in [0.1, 0.15) is 0 Å². The molecule has 0 aliphatic carbocycles. The number of imide groups is 1. The first kappa shape index (κ1) is 16.2. The van der Waals surface area contributed by atoms with Crippen LogP contribution in [0, 0.1) is 5.92 Å². The van der Waals surface area contributed by atoms with Gasteiger partial charge in [0, 0.05) is 32.5 Å². The maximum atomic E-state index is 11.8. The summed E-state index contributed by atoms with van der Waals surface area (Å²) >= 11 is 5.42. The second-order valence-corrected chi connectivity index (χ2v) is 4.50. The van der Waals surface area contributed by atoms with E-state index < -0.39 is 0 Å². The largest absolute Gasteiger partial charge is 0.383 e. The van der Waals surface area contributed by atoms with Crippen molar-refractivity contribution in [3.05, 3.63) is 0 Å². The van der Waals surface area contributed by atoms with Gasteiger partial charge in [-0.3, -0.25) is 10.1 Å². The predicted octanol–water partition coefficient (Wildman–Crippen LogP) is 1.46. The van der Waals surface area contributed by atoms with E-state index in [1.807, 2.05) is 13.8 Å². The highest BCUT2D eigenvalue weighted by molar-refractivity contribution is 6.19. The third kappa shape index (κ3) is 7.99. The number of urea groups is 1. The quantitative estimate of drug-likeness (QED) is 0.708. The number of amides is 3. The number of ether oxygens (including phenoxy) is 1. The maximum Gasteiger partial charge on any atom is 0.324 e. The van der Waals surface area contributed by atoms with Crippen molar-refractivity contribution in [2.45, 2.75) is 20.3 Å². The minimum absolute atomic E-state index is 0.146. The monoisotopic (exact) mass is 264 g/mol. The smallest absolute Gasteiger partial charge is 0.324 e. The fourth-order valence-electron chi connectivity index (χ4n) is 1.26. The van der Waals surface area contributed by atoms with E-state index in [-0.39, 0.29) is 24.2 Å². The highest BCUT2D eigenvalue weighted by Crippen LogP contribution is 1.99. The summed E-state index contributed by atoms with van der Waals surface area (Å²) in [5.74, 6) is 0.193. The van der Waals surface area contributed by atoms with Crippen LogP contribution in [0.3, 0.4) is 0 Å². The van der Waals surface area contributed by atoms with Crippen LogP contribution < -0.4 is 5.32 Å². The molecule has 3 amide bonds. The molecule has 0 aromatic rings. The van der Waals surface area contributed by atoms with Crippen molar-refractivity contribution in [2.24, 2.45) is 5.92 Å². The Kier molecular flexibility index (Phi) is 8.80. The molecule has 0 bridgehead atoms. The third-order valence-corrected chi connectivity index (χ3v) is 2.19. The SMILES string of the molecule is COCCN(CC(C)C)C(=O)NC(=O)CCCl. The van der Waals surface area contributed by atoms with Crippen LogP contribution >= 0.6 is 11.6 Å². The summed E-state index contributed by atoms with van der Waals surface area (Å²) in [4.78, 5) is 24.6. The molecule has 0 aromatic carbocycles. The average molecular weight is 265 g/mol. The molecule has 17 heavy (non-hydrogen) atoms. The van der Waals surface area contributed by atoms with Gasteiger partial charge in [0.05, 0.1) is 6.61 Å². The Morgan fingerprint density at radius 2 is 2.06 bits per heavy atom. The minimum Gasteiger partial charge on any atom is -0.383 e. The number of halogens is 1. The van der Waals surface area contributed by atoms with Gasteiger partial charge < -0.3 is 9.64 Å². The molecule has 100 valence electrons. The van der Waals surface area contributed by atoms with Crippen molar-refractivity contribution < 1.29 is 14.3 Å². The zero-order valence-corrected chi connectivity index (χ0v) is 11.4. The molecule has 5 nitrogen and oxygen atoms in total. The Labute approximate surface area is 107 Å². The summed E-state index contributed by atoms with van der Waals surface area (Å²) in [6.07, 6.45) is 0.146. The Morgan fingerprint density at radius 3 is 2.53 bits per heavy atom. The Balaban J connectivity index is 4.25. The summed E-state index contributed by atoms with van der Waals surface area (Å²) in [6.45, 7) is 5.52. The van der Waals surface area contributed by atoms with Crippen molar-refractivity contribution in [3.8, 4) is 0 Å². The van der Waals surface area contributed by atoms with Gasteiger partial charge in [-0.1, -0.05) is 13.8 Å². The molecule has 0 radical (unpaired) electrons. The zero-order chi connectivity index (χ0) is 13.3. The minimum atomic E-state index is -0.383. The van der Waals surface area contributed by atoms with E-state index >= 15 is 0 Å². The first-order chi connectivity index (χ1) is 8.01. The fraction of sp³-hybridized carbons (Fsp3) is 0.818. The van der Waals surface area contributed by atoms with Gasteiger partial charge in [-0.25, -0.2) is 4.79 Å².